The maximum absolute atomic E-state index is 12.2. The summed E-state index contributed by atoms with van der Waals surface area (Å²) in [6, 6.07) is 2.18. The van der Waals surface area contributed by atoms with E-state index >= 15 is 0 Å². The number of rotatable bonds is 1. The van der Waals surface area contributed by atoms with Gasteiger partial charge in [0.25, 0.3) is 0 Å². The molecule has 1 saturated heterocycles. The molecule has 0 spiro atoms. The highest BCUT2D eigenvalue weighted by molar-refractivity contribution is 5.86. The van der Waals surface area contributed by atoms with Crippen LogP contribution in [0.2, 0.25) is 0 Å². The molecule has 1 N–H and O–H groups in total. The lowest BCUT2D eigenvalue weighted by molar-refractivity contribution is -0.148. The van der Waals surface area contributed by atoms with E-state index in [0.29, 0.717) is 31.8 Å². The number of nitriles is 1. The van der Waals surface area contributed by atoms with Gasteiger partial charge in [0.15, 0.2) is 0 Å². The number of aliphatic hydroxyl groups is 1. The van der Waals surface area contributed by atoms with Crippen molar-refractivity contribution in [3.63, 3.8) is 0 Å². The first-order chi connectivity index (χ1) is 7.57. The van der Waals surface area contributed by atoms with E-state index in [1.165, 1.54) is 0 Å². The van der Waals surface area contributed by atoms with E-state index in [2.05, 4.69) is 13.0 Å². The Hall–Kier alpha value is -1.08. The predicted octanol–water partition coefficient (Wildman–Crippen LogP) is 0.910. The minimum absolute atomic E-state index is 0.0631. The van der Waals surface area contributed by atoms with Crippen LogP contribution in [-0.2, 0) is 4.79 Å². The lowest BCUT2D eigenvalue weighted by Crippen LogP contribution is -2.53. The second kappa shape index (κ2) is 4.06. The summed E-state index contributed by atoms with van der Waals surface area (Å²) in [6.07, 6.45) is 2.54. The van der Waals surface area contributed by atoms with Crippen LogP contribution in [0.25, 0.3) is 0 Å². The number of nitrogens with zero attached hydrogens (tertiary/aromatic N) is 2. The molecule has 16 heavy (non-hydrogen) atoms. The standard InChI is InChI=1S/C12H18N2O2/c1-9-5-12(6-9,8-13)11(16)14-4-2-3-10(15)7-14/h9-10,15H,2-7H2,1H3. The molecule has 1 unspecified atom stereocenters. The summed E-state index contributed by atoms with van der Waals surface area (Å²) in [5, 5.41) is 18.7. The van der Waals surface area contributed by atoms with Gasteiger partial charge in [-0.05, 0) is 31.6 Å². The first kappa shape index (κ1) is 11.4. The lowest BCUT2D eigenvalue weighted by atomic mass is 9.62. The fraction of sp³-hybridized carbons (Fsp3) is 0.833. The topological polar surface area (TPSA) is 64.3 Å². The van der Waals surface area contributed by atoms with Crippen molar-refractivity contribution in [3.05, 3.63) is 0 Å². The number of β-amino-alcohol motifs (C(OH)–C–C–N with tert-alkyl or cyclic N) is 1. The largest absolute Gasteiger partial charge is 0.391 e. The van der Waals surface area contributed by atoms with Crippen molar-refractivity contribution >= 4 is 5.91 Å². The van der Waals surface area contributed by atoms with Crippen LogP contribution in [0.15, 0.2) is 0 Å². The average Bonchev–Trinajstić information content (AvgIpc) is 2.23. The molecule has 0 radical (unpaired) electrons. The Morgan fingerprint density at radius 2 is 2.25 bits per heavy atom. The molecule has 2 aliphatic rings. The highest BCUT2D eigenvalue weighted by atomic mass is 16.3. The molecular weight excluding hydrogens is 204 g/mol. The van der Waals surface area contributed by atoms with E-state index in [1.807, 2.05) is 0 Å². The number of hydrogen-bond donors (Lipinski definition) is 1. The summed E-state index contributed by atoms with van der Waals surface area (Å²) in [7, 11) is 0. The van der Waals surface area contributed by atoms with Crippen LogP contribution in [-0.4, -0.2) is 35.1 Å². The molecule has 0 aromatic heterocycles. The van der Waals surface area contributed by atoms with Gasteiger partial charge in [-0.25, -0.2) is 0 Å². The number of aliphatic hydroxyl groups excluding tert-OH is 1. The molecule has 1 saturated carbocycles. The number of likely N-dealkylation sites (tertiary alicyclic amines) is 1. The molecule has 1 aliphatic heterocycles. The van der Waals surface area contributed by atoms with Crippen molar-refractivity contribution < 1.29 is 9.90 Å². The van der Waals surface area contributed by atoms with Crippen LogP contribution >= 0.6 is 0 Å². The third-order valence-corrected chi connectivity index (χ3v) is 3.70. The van der Waals surface area contributed by atoms with Crippen LogP contribution < -0.4 is 0 Å². The van der Waals surface area contributed by atoms with Gasteiger partial charge in [-0.3, -0.25) is 4.79 Å². The molecule has 1 amide bonds. The lowest BCUT2D eigenvalue weighted by Gasteiger charge is -2.43. The van der Waals surface area contributed by atoms with Crippen molar-refractivity contribution in [1.82, 2.24) is 4.90 Å². The highest BCUT2D eigenvalue weighted by Gasteiger charge is 2.51. The number of carbonyl (C=O) groups excluding carboxylic acids is 1. The molecule has 0 bridgehead atoms. The zero-order valence-corrected chi connectivity index (χ0v) is 9.65. The molecule has 4 heteroatoms. The van der Waals surface area contributed by atoms with E-state index in [0.717, 1.165) is 12.8 Å². The molecular formula is C12H18N2O2. The summed E-state index contributed by atoms with van der Waals surface area (Å²) < 4.78 is 0. The smallest absolute Gasteiger partial charge is 0.243 e. The van der Waals surface area contributed by atoms with Crippen LogP contribution in [0.3, 0.4) is 0 Å². The first-order valence-electron chi connectivity index (χ1n) is 5.96. The molecule has 2 rings (SSSR count). The number of piperidine rings is 1. The molecule has 0 aromatic carbocycles. The first-order valence-corrected chi connectivity index (χ1v) is 5.96. The van der Waals surface area contributed by atoms with Crippen LogP contribution in [0.5, 0.6) is 0 Å². The Labute approximate surface area is 95.9 Å². The maximum Gasteiger partial charge on any atom is 0.243 e. The fourth-order valence-electron chi connectivity index (χ4n) is 2.89. The molecule has 1 aliphatic carbocycles. The Morgan fingerprint density at radius 3 is 2.75 bits per heavy atom. The van der Waals surface area contributed by atoms with Gasteiger partial charge in [-0.15, -0.1) is 0 Å². The van der Waals surface area contributed by atoms with Gasteiger partial charge in [0.1, 0.15) is 5.41 Å². The van der Waals surface area contributed by atoms with Crippen molar-refractivity contribution in [3.8, 4) is 6.07 Å². The second-order valence-corrected chi connectivity index (χ2v) is 5.25. The van der Waals surface area contributed by atoms with Crippen molar-refractivity contribution in [2.24, 2.45) is 11.3 Å². The number of hydrogen-bond acceptors (Lipinski definition) is 3. The Morgan fingerprint density at radius 1 is 1.56 bits per heavy atom. The fourth-order valence-corrected chi connectivity index (χ4v) is 2.89. The zero-order chi connectivity index (χ0) is 11.8. The molecule has 0 aromatic rings. The summed E-state index contributed by atoms with van der Waals surface area (Å²) in [5.74, 6) is 0.408. The van der Waals surface area contributed by atoms with E-state index < -0.39 is 11.5 Å². The average molecular weight is 222 g/mol. The minimum Gasteiger partial charge on any atom is -0.391 e. The van der Waals surface area contributed by atoms with Gasteiger partial charge in [0.2, 0.25) is 5.91 Å². The second-order valence-electron chi connectivity index (χ2n) is 5.25. The summed E-state index contributed by atoms with van der Waals surface area (Å²) in [4.78, 5) is 13.9. The molecule has 1 atom stereocenters. The SMILES string of the molecule is CC1CC(C#N)(C(=O)N2CCCC(O)C2)C1. The van der Waals surface area contributed by atoms with E-state index in [4.69, 9.17) is 5.26 Å². The summed E-state index contributed by atoms with van der Waals surface area (Å²) >= 11 is 0. The Balaban J connectivity index is 2.04. The monoisotopic (exact) mass is 222 g/mol. The van der Waals surface area contributed by atoms with Gasteiger partial charge in [0, 0.05) is 13.1 Å². The van der Waals surface area contributed by atoms with Crippen molar-refractivity contribution in [2.75, 3.05) is 13.1 Å². The number of carbonyl (C=O) groups is 1. The zero-order valence-electron chi connectivity index (χ0n) is 9.65. The normalized spacial score (nSPS) is 38.7. The van der Waals surface area contributed by atoms with Crippen LogP contribution in [0.1, 0.15) is 32.6 Å². The van der Waals surface area contributed by atoms with Crippen molar-refractivity contribution in [1.29, 1.82) is 5.26 Å². The summed E-state index contributed by atoms with van der Waals surface area (Å²) in [5.41, 5.74) is -0.781. The molecule has 2 fully saturated rings. The van der Waals surface area contributed by atoms with E-state index in [-0.39, 0.29) is 5.91 Å². The van der Waals surface area contributed by atoms with Gasteiger partial charge < -0.3 is 10.0 Å². The molecule has 88 valence electrons. The number of amides is 1. The molecule has 4 nitrogen and oxygen atoms in total. The maximum atomic E-state index is 12.2. The van der Waals surface area contributed by atoms with E-state index in [1.54, 1.807) is 4.90 Å². The van der Waals surface area contributed by atoms with Gasteiger partial charge >= 0.3 is 0 Å². The minimum atomic E-state index is -0.781. The molecule has 1 heterocycles. The van der Waals surface area contributed by atoms with E-state index in [9.17, 15) is 9.90 Å². The third-order valence-electron chi connectivity index (χ3n) is 3.70. The van der Waals surface area contributed by atoms with Crippen molar-refractivity contribution in [2.45, 2.75) is 38.7 Å². The Bertz CT molecular complexity index is 328. The summed E-state index contributed by atoms with van der Waals surface area (Å²) in [6.45, 7) is 3.15. The Kier molecular flexibility index (Phi) is 2.90. The van der Waals surface area contributed by atoms with Gasteiger partial charge in [0.05, 0.1) is 12.2 Å². The quantitative estimate of drug-likeness (QED) is 0.717. The van der Waals surface area contributed by atoms with Crippen LogP contribution in [0.4, 0.5) is 0 Å². The van der Waals surface area contributed by atoms with Crippen LogP contribution in [0, 0.1) is 22.7 Å². The highest BCUT2D eigenvalue weighted by Crippen LogP contribution is 2.46. The predicted molar refractivity (Wildman–Crippen MR) is 58.3 cm³/mol. The van der Waals surface area contributed by atoms with Gasteiger partial charge in [-0.1, -0.05) is 6.92 Å². The third kappa shape index (κ3) is 1.80. The van der Waals surface area contributed by atoms with Gasteiger partial charge in [-0.2, -0.15) is 5.26 Å².